The van der Waals surface area contributed by atoms with Crippen molar-refractivity contribution in [3.05, 3.63) is 11.6 Å². The highest BCUT2D eigenvalue weighted by molar-refractivity contribution is 5.93. The topological polar surface area (TPSA) is 26.3 Å². The summed E-state index contributed by atoms with van der Waals surface area (Å²) >= 11 is 0. The number of rotatable bonds is 7. The fourth-order valence-corrected chi connectivity index (χ4v) is 2.29. The van der Waals surface area contributed by atoms with E-state index in [2.05, 4.69) is 6.92 Å². The summed E-state index contributed by atoms with van der Waals surface area (Å²) < 4.78 is 42.8. The van der Waals surface area contributed by atoms with Crippen LogP contribution in [-0.4, -0.2) is 17.7 Å². The van der Waals surface area contributed by atoms with Gasteiger partial charge in [-0.2, -0.15) is 13.2 Å². The molecule has 1 atom stereocenters. The van der Waals surface area contributed by atoms with Crippen molar-refractivity contribution in [2.75, 3.05) is 0 Å². The first kappa shape index (κ1) is 16.1. The van der Waals surface area contributed by atoms with E-state index in [1.807, 2.05) is 0 Å². The van der Waals surface area contributed by atoms with Gasteiger partial charge in [0.15, 0.2) is 0 Å². The van der Waals surface area contributed by atoms with Crippen LogP contribution in [0.1, 0.15) is 58.8 Å². The normalized spacial score (nSPS) is 23.4. The van der Waals surface area contributed by atoms with E-state index in [-0.39, 0.29) is 0 Å². The summed E-state index contributed by atoms with van der Waals surface area (Å²) in [4.78, 5) is 11.3. The van der Waals surface area contributed by atoms with Gasteiger partial charge in [0.05, 0.1) is 0 Å². The van der Waals surface area contributed by atoms with Crippen molar-refractivity contribution in [1.82, 2.24) is 0 Å². The van der Waals surface area contributed by atoms with E-state index in [4.69, 9.17) is 4.74 Å². The first-order valence-electron chi connectivity index (χ1n) is 6.88. The predicted molar refractivity (Wildman–Crippen MR) is 66.6 cm³/mol. The van der Waals surface area contributed by atoms with Gasteiger partial charge in [0, 0.05) is 0 Å². The average Bonchev–Trinajstić information content (AvgIpc) is 2.67. The third-order valence-electron chi connectivity index (χ3n) is 3.53. The lowest BCUT2D eigenvalue weighted by Gasteiger charge is -2.24. The van der Waals surface area contributed by atoms with Gasteiger partial charge in [-0.15, -0.1) is 0 Å². The molecule has 1 aliphatic heterocycles. The molecule has 0 saturated heterocycles. The monoisotopic (exact) mass is 278 g/mol. The molecule has 0 N–H and O–H groups in total. The number of unbranched alkanes of at least 4 members (excludes halogenated alkanes) is 4. The summed E-state index contributed by atoms with van der Waals surface area (Å²) in [7, 11) is 0. The molecule has 1 rings (SSSR count). The Morgan fingerprint density at radius 3 is 2.26 bits per heavy atom. The number of esters is 1. The van der Waals surface area contributed by atoms with Crippen LogP contribution in [0.25, 0.3) is 0 Å². The number of hydrogen-bond acceptors (Lipinski definition) is 2. The highest BCUT2D eigenvalue weighted by atomic mass is 19.4. The van der Waals surface area contributed by atoms with Crippen LogP contribution in [0.4, 0.5) is 13.2 Å². The first-order chi connectivity index (χ1) is 8.84. The molecule has 0 spiro atoms. The van der Waals surface area contributed by atoms with Gasteiger partial charge in [0.2, 0.25) is 0 Å². The Labute approximate surface area is 112 Å². The lowest BCUT2D eigenvalue weighted by atomic mass is 9.92. The number of carbonyl (C=O) groups is 1. The maximum absolute atomic E-state index is 12.6. The molecule has 1 unspecified atom stereocenters. The van der Waals surface area contributed by atoms with Crippen LogP contribution in [0, 0.1) is 0 Å². The fourth-order valence-electron chi connectivity index (χ4n) is 2.29. The Kier molecular flexibility index (Phi) is 5.44. The molecule has 0 radical (unpaired) electrons. The van der Waals surface area contributed by atoms with E-state index in [1.54, 1.807) is 6.92 Å². The Morgan fingerprint density at radius 2 is 1.79 bits per heavy atom. The second kappa shape index (κ2) is 6.44. The maximum atomic E-state index is 12.6. The molecule has 0 aromatic rings. The first-order valence-corrected chi connectivity index (χ1v) is 6.88. The number of alkyl halides is 3. The molecular weight excluding hydrogens is 257 g/mol. The van der Waals surface area contributed by atoms with Crippen molar-refractivity contribution in [3.8, 4) is 0 Å². The zero-order valence-electron chi connectivity index (χ0n) is 11.5. The number of ether oxygens (including phenoxy) is 1. The SMILES string of the molecule is CCCCCCCC1(CC)C=C(C(F)(F)F)C(=O)O1. The van der Waals surface area contributed by atoms with Gasteiger partial charge in [-0.3, -0.25) is 0 Å². The van der Waals surface area contributed by atoms with Gasteiger partial charge in [-0.1, -0.05) is 39.5 Å². The molecule has 2 nitrogen and oxygen atoms in total. The van der Waals surface area contributed by atoms with E-state index < -0.39 is 23.3 Å². The van der Waals surface area contributed by atoms with Gasteiger partial charge >= 0.3 is 12.1 Å². The van der Waals surface area contributed by atoms with Crippen molar-refractivity contribution >= 4 is 5.97 Å². The number of hydrogen-bond donors (Lipinski definition) is 0. The largest absolute Gasteiger partial charge is 0.451 e. The number of halogens is 3. The molecular formula is C14H21F3O2. The second-order valence-corrected chi connectivity index (χ2v) is 5.03. The lowest BCUT2D eigenvalue weighted by molar-refractivity contribution is -0.155. The van der Waals surface area contributed by atoms with Gasteiger partial charge in [0.1, 0.15) is 11.2 Å². The van der Waals surface area contributed by atoms with Crippen LogP contribution < -0.4 is 0 Å². The average molecular weight is 278 g/mol. The van der Waals surface area contributed by atoms with Crippen molar-refractivity contribution in [3.63, 3.8) is 0 Å². The molecule has 0 aromatic heterocycles. The smallest absolute Gasteiger partial charge is 0.423 e. The predicted octanol–water partition coefficient (Wildman–Crippen LogP) is 4.54. The minimum absolute atomic E-state index is 0.381. The van der Waals surface area contributed by atoms with Crippen LogP contribution in [-0.2, 0) is 9.53 Å². The molecule has 0 amide bonds. The van der Waals surface area contributed by atoms with Crippen molar-refractivity contribution < 1.29 is 22.7 Å². The molecule has 110 valence electrons. The van der Waals surface area contributed by atoms with Crippen LogP contribution in [0.5, 0.6) is 0 Å². The van der Waals surface area contributed by atoms with Gasteiger partial charge in [0.25, 0.3) is 0 Å². The number of carbonyl (C=O) groups excluding carboxylic acids is 1. The highest BCUT2D eigenvalue weighted by Crippen LogP contribution is 2.39. The van der Waals surface area contributed by atoms with Crippen LogP contribution in [0.2, 0.25) is 0 Å². The zero-order valence-corrected chi connectivity index (χ0v) is 11.5. The zero-order chi connectivity index (χ0) is 14.5. The Hall–Kier alpha value is -1.00. The maximum Gasteiger partial charge on any atom is 0.423 e. The van der Waals surface area contributed by atoms with Crippen LogP contribution in [0.15, 0.2) is 11.6 Å². The third-order valence-corrected chi connectivity index (χ3v) is 3.53. The Balaban J connectivity index is 2.62. The Bertz CT molecular complexity index is 347. The summed E-state index contributed by atoms with van der Waals surface area (Å²) in [6, 6.07) is 0. The molecule has 1 aliphatic rings. The summed E-state index contributed by atoms with van der Waals surface area (Å²) in [5, 5.41) is 0. The second-order valence-electron chi connectivity index (χ2n) is 5.03. The molecule has 0 aromatic carbocycles. The minimum atomic E-state index is -4.61. The molecule has 0 fully saturated rings. The van der Waals surface area contributed by atoms with E-state index in [0.29, 0.717) is 12.8 Å². The van der Waals surface area contributed by atoms with Crippen LogP contribution in [0.3, 0.4) is 0 Å². The van der Waals surface area contributed by atoms with Crippen molar-refractivity contribution in [2.45, 2.75) is 70.6 Å². The fraction of sp³-hybridized carbons (Fsp3) is 0.786. The minimum Gasteiger partial charge on any atom is -0.451 e. The van der Waals surface area contributed by atoms with E-state index in [9.17, 15) is 18.0 Å². The molecule has 5 heteroatoms. The molecule has 0 aliphatic carbocycles. The summed E-state index contributed by atoms with van der Waals surface area (Å²) in [6.45, 7) is 3.85. The van der Waals surface area contributed by atoms with Gasteiger partial charge in [-0.05, 0) is 25.3 Å². The Morgan fingerprint density at radius 1 is 1.16 bits per heavy atom. The van der Waals surface area contributed by atoms with Gasteiger partial charge < -0.3 is 4.74 Å². The highest BCUT2D eigenvalue weighted by Gasteiger charge is 2.49. The van der Waals surface area contributed by atoms with Gasteiger partial charge in [-0.25, -0.2) is 4.79 Å². The number of cyclic esters (lactones) is 1. The third kappa shape index (κ3) is 4.25. The summed E-state index contributed by atoms with van der Waals surface area (Å²) in [5.41, 5.74) is -2.20. The standard InChI is InChI=1S/C14H21F3O2/c1-3-5-6-7-8-9-13(4-2)10-11(12(18)19-13)14(15,16)17/h10H,3-9H2,1-2H3. The van der Waals surface area contributed by atoms with E-state index in [0.717, 1.165) is 38.2 Å². The van der Waals surface area contributed by atoms with E-state index >= 15 is 0 Å². The molecule has 19 heavy (non-hydrogen) atoms. The summed E-state index contributed by atoms with van der Waals surface area (Å²) in [5.74, 6) is -1.23. The quantitative estimate of drug-likeness (QED) is 0.505. The molecule has 0 saturated carbocycles. The van der Waals surface area contributed by atoms with Crippen molar-refractivity contribution in [1.29, 1.82) is 0 Å². The molecule has 0 bridgehead atoms. The molecule has 1 heterocycles. The van der Waals surface area contributed by atoms with Crippen molar-refractivity contribution in [2.24, 2.45) is 0 Å². The van der Waals surface area contributed by atoms with Crippen LogP contribution >= 0.6 is 0 Å². The lowest BCUT2D eigenvalue weighted by Crippen LogP contribution is -2.27. The summed E-state index contributed by atoms with van der Waals surface area (Å²) in [6.07, 6.45) is 2.27. The van der Waals surface area contributed by atoms with E-state index in [1.165, 1.54) is 0 Å².